The zero-order chi connectivity index (χ0) is 17.0. The third kappa shape index (κ3) is 4.82. The Morgan fingerprint density at radius 3 is 2.70 bits per heavy atom. The van der Waals surface area contributed by atoms with E-state index in [1.54, 1.807) is 32.1 Å². The van der Waals surface area contributed by atoms with Crippen molar-refractivity contribution in [2.45, 2.75) is 19.0 Å². The highest BCUT2D eigenvalue weighted by Crippen LogP contribution is 2.18. The van der Waals surface area contributed by atoms with Crippen LogP contribution in [-0.2, 0) is 16.4 Å². The molecule has 1 saturated heterocycles. The first-order valence-corrected chi connectivity index (χ1v) is 9.26. The van der Waals surface area contributed by atoms with Crippen molar-refractivity contribution in [2.75, 3.05) is 37.5 Å². The zero-order valence-electron chi connectivity index (χ0n) is 13.6. The molecule has 0 aromatic heterocycles. The van der Waals surface area contributed by atoms with Crippen LogP contribution < -0.4 is 15.5 Å². The van der Waals surface area contributed by atoms with Crippen molar-refractivity contribution in [1.82, 2.24) is 10.6 Å². The van der Waals surface area contributed by atoms with E-state index >= 15 is 0 Å². The van der Waals surface area contributed by atoms with E-state index < -0.39 is 9.84 Å². The summed E-state index contributed by atoms with van der Waals surface area (Å²) in [6.45, 7) is 0.407. The molecule has 1 atom stereocenters. The highest BCUT2D eigenvalue weighted by atomic mass is 32.2. The summed E-state index contributed by atoms with van der Waals surface area (Å²) in [5.74, 6) is 0.571. The molecule has 1 aromatic carbocycles. The van der Waals surface area contributed by atoms with Crippen LogP contribution >= 0.6 is 0 Å². The van der Waals surface area contributed by atoms with E-state index in [1.165, 1.54) is 6.07 Å². The number of nitrogens with one attached hydrogen (secondary N) is 2. The summed E-state index contributed by atoms with van der Waals surface area (Å²) in [6, 6.07) is 4.93. The van der Waals surface area contributed by atoms with E-state index in [9.17, 15) is 12.8 Å². The van der Waals surface area contributed by atoms with Crippen molar-refractivity contribution in [3.8, 4) is 0 Å². The van der Waals surface area contributed by atoms with E-state index in [4.69, 9.17) is 0 Å². The maximum atomic E-state index is 13.9. The highest BCUT2D eigenvalue weighted by molar-refractivity contribution is 7.91. The van der Waals surface area contributed by atoms with Gasteiger partial charge in [-0.3, -0.25) is 4.99 Å². The quantitative estimate of drug-likeness (QED) is 0.624. The molecular formula is C15H23FN4O2S. The number of anilines is 1. The van der Waals surface area contributed by atoms with Crippen molar-refractivity contribution >= 4 is 21.5 Å². The molecule has 23 heavy (non-hydrogen) atoms. The van der Waals surface area contributed by atoms with E-state index in [0.29, 0.717) is 24.6 Å². The fraction of sp³-hybridized carbons (Fsp3) is 0.533. The minimum atomic E-state index is -2.93. The van der Waals surface area contributed by atoms with Gasteiger partial charge in [-0.1, -0.05) is 6.07 Å². The Kier molecular flexibility index (Phi) is 5.46. The highest BCUT2D eigenvalue weighted by Gasteiger charge is 2.28. The van der Waals surface area contributed by atoms with Gasteiger partial charge in [0.15, 0.2) is 15.8 Å². The molecule has 1 aliphatic rings. The SMILES string of the molecule is CN=C(NCc1ccc(N(C)C)c(F)c1)NC1CCS(=O)(=O)C1. The predicted molar refractivity (Wildman–Crippen MR) is 91.1 cm³/mol. The predicted octanol–water partition coefficient (Wildman–Crippen LogP) is 0.744. The van der Waals surface area contributed by atoms with E-state index in [0.717, 1.165) is 5.56 Å². The fourth-order valence-corrected chi connectivity index (χ4v) is 4.18. The van der Waals surface area contributed by atoms with Gasteiger partial charge in [-0.2, -0.15) is 0 Å². The number of sulfone groups is 1. The van der Waals surface area contributed by atoms with Gasteiger partial charge in [0, 0.05) is 33.7 Å². The second-order valence-corrected chi connectivity index (χ2v) is 8.08. The average Bonchev–Trinajstić information content (AvgIpc) is 2.82. The lowest BCUT2D eigenvalue weighted by Gasteiger charge is -2.17. The first-order valence-electron chi connectivity index (χ1n) is 7.44. The second-order valence-electron chi connectivity index (χ2n) is 5.85. The lowest BCUT2D eigenvalue weighted by molar-refractivity contribution is 0.599. The number of aliphatic imine (C=N–C) groups is 1. The van der Waals surface area contributed by atoms with Gasteiger partial charge in [0.2, 0.25) is 0 Å². The Balaban J connectivity index is 1.92. The number of nitrogens with zero attached hydrogens (tertiary/aromatic N) is 2. The largest absolute Gasteiger partial charge is 0.375 e. The molecule has 1 heterocycles. The van der Waals surface area contributed by atoms with Crippen LogP contribution in [0.4, 0.5) is 10.1 Å². The number of benzene rings is 1. The second kappa shape index (κ2) is 7.16. The topological polar surface area (TPSA) is 73.8 Å². The van der Waals surface area contributed by atoms with Crippen LogP contribution in [0.3, 0.4) is 0 Å². The van der Waals surface area contributed by atoms with Crippen LogP contribution in [0.2, 0.25) is 0 Å². The summed E-state index contributed by atoms with van der Waals surface area (Å²) in [5, 5.41) is 6.17. The minimum absolute atomic E-state index is 0.125. The molecule has 0 amide bonds. The number of rotatable bonds is 4. The Morgan fingerprint density at radius 2 is 2.17 bits per heavy atom. The Bertz CT molecular complexity index is 689. The molecule has 1 aliphatic heterocycles. The van der Waals surface area contributed by atoms with Gasteiger partial charge in [0.05, 0.1) is 17.2 Å². The molecule has 0 spiro atoms. The Hall–Kier alpha value is -1.83. The molecular weight excluding hydrogens is 319 g/mol. The molecule has 0 bridgehead atoms. The van der Waals surface area contributed by atoms with Crippen LogP contribution in [0, 0.1) is 5.82 Å². The molecule has 0 aliphatic carbocycles. The van der Waals surface area contributed by atoms with Crippen molar-refractivity contribution < 1.29 is 12.8 Å². The number of hydrogen-bond donors (Lipinski definition) is 2. The summed E-state index contributed by atoms with van der Waals surface area (Å²) in [4.78, 5) is 5.80. The third-order valence-corrected chi connectivity index (χ3v) is 5.52. The van der Waals surface area contributed by atoms with Crippen LogP contribution in [-0.4, -0.2) is 53.1 Å². The van der Waals surface area contributed by atoms with Gasteiger partial charge >= 0.3 is 0 Å². The molecule has 6 nitrogen and oxygen atoms in total. The summed E-state index contributed by atoms with van der Waals surface area (Å²) in [6.07, 6.45) is 0.579. The molecule has 2 N–H and O–H groups in total. The van der Waals surface area contributed by atoms with E-state index in [1.807, 2.05) is 6.07 Å². The van der Waals surface area contributed by atoms with Gasteiger partial charge in [-0.15, -0.1) is 0 Å². The smallest absolute Gasteiger partial charge is 0.191 e. The van der Waals surface area contributed by atoms with Gasteiger partial charge < -0.3 is 15.5 Å². The van der Waals surface area contributed by atoms with Crippen LogP contribution in [0.1, 0.15) is 12.0 Å². The number of halogens is 1. The minimum Gasteiger partial charge on any atom is -0.375 e. The monoisotopic (exact) mass is 342 g/mol. The van der Waals surface area contributed by atoms with Gasteiger partial charge in [0.1, 0.15) is 5.82 Å². The summed E-state index contributed by atoms with van der Waals surface area (Å²) >= 11 is 0. The van der Waals surface area contributed by atoms with Gasteiger partial charge in [0.25, 0.3) is 0 Å². The summed E-state index contributed by atoms with van der Waals surface area (Å²) < 4.78 is 36.9. The third-order valence-electron chi connectivity index (χ3n) is 3.75. The molecule has 0 radical (unpaired) electrons. The Labute approximate surface area is 136 Å². The average molecular weight is 342 g/mol. The summed E-state index contributed by atoms with van der Waals surface area (Å²) in [7, 11) is 2.26. The van der Waals surface area contributed by atoms with E-state index in [-0.39, 0.29) is 23.4 Å². The first kappa shape index (κ1) is 17.5. The Morgan fingerprint density at radius 1 is 1.43 bits per heavy atom. The molecule has 8 heteroatoms. The van der Waals surface area contributed by atoms with Gasteiger partial charge in [-0.25, -0.2) is 12.8 Å². The van der Waals surface area contributed by atoms with Crippen molar-refractivity contribution in [3.05, 3.63) is 29.6 Å². The number of guanidine groups is 1. The first-order chi connectivity index (χ1) is 10.8. The van der Waals surface area contributed by atoms with Crippen molar-refractivity contribution in [2.24, 2.45) is 4.99 Å². The lowest BCUT2D eigenvalue weighted by atomic mass is 10.2. The fourth-order valence-electron chi connectivity index (χ4n) is 2.51. The lowest BCUT2D eigenvalue weighted by Crippen LogP contribution is -2.43. The van der Waals surface area contributed by atoms with Gasteiger partial charge in [-0.05, 0) is 24.1 Å². The molecule has 1 unspecified atom stereocenters. The van der Waals surface area contributed by atoms with Crippen molar-refractivity contribution in [1.29, 1.82) is 0 Å². The van der Waals surface area contributed by atoms with Crippen LogP contribution in [0.25, 0.3) is 0 Å². The van der Waals surface area contributed by atoms with Crippen LogP contribution in [0.15, 0.2) is 23.2 Å². The summed E-state index contributed by atoms with van der Waals surface area (Å²) in [5.41, 5.74) is 1.32. The maximum absolute atomic E-state index is 13.9. The normalized spacial score (nSPS) is 20.3. The van der Waals surface area contributed by atoms with E-state index in [2.05, 4.69) is 15.6 Å². The standard InChI is InChI=1S/C15H23FN4O2S/c1-17-15(19-12-6-7-23(21,22)10-12)18-9-11-4-5-14(20(2)3)13(16)8-11/h4-5,8,12H,6-7,9-10H2,1-3H3,(H2,17,18,19). The van der Waals surface area contributed by atoms with Crippen molar-refractivity contribution in [3.63, 3.8) is 0 Å². The molecule has 128 valence electrons. The van der Waals surface area contributed by atoms with Crippen LogP contribution in [0.5, 0.6) is 0 Å². The molecule has 2 rings (SSSR count). The molecule has 1 fully saturated rings. The molecule has 0 saturated carbocycles. The molecule has 1 aromatic rings. The maximum Gasteiger partial charge on any atom is 0.191 e. The number of hydrogen-bond acceptors (Lipinski definition) is 4. The zero-order valence-corrected chi connectivity index (χ0v) is 14.5.